The largest absolute Gasteiger partial charge is 0.459 e. The van der Waals surface area contributed by atoms with Gasteiger partial charge in [-0.1, -0.05) is 6.92 Å². The number of amides is 1. The monoisotopic (exact) mass is 520 g/mol. The van der Waals surface area contributed by atoms with Crippen molar-refractivity contribution in [2.24, 2.45) is 0 Å². The Balaban J connectivity index is 1.91. The van der Waals surface area contributed by atoms with E-state index in [4.69, 9.17) is 4.74 Å². The smallest absolute Gasteiger partial charge is 0.348 e. The highest BCUT2D eigenvalue weighted by atomic mass is 32.2. The van der Waals surface area contributed by atoms with Gasteiger partial charge in [-0.05, 0) is 57.0 Å². The minimum absolute atomic E-state index is 0.0955. The van der Waals surface area contributed by atoms with Crippen molar-refractivity contribution in [3.63, 3.8) is 0 Å². The maximum absolute atomic E-state index is 13.3. The molecule has 0 spiro atoms. The lowest BCUT2D eigenvalue weighted by atomic mass is 10.1. The molecule has 1 N–H and O–H groups in total. The maximum atomic E-state index is 13.3. The van der Waals surface area contributed by atoms with E-state index in [0.29, 0.717) is 27.4 Å². The van der Waals surface area contributed by atoms with Gasteiger partial charge in [-0.15, -0.1) is 11.3 Å². The number of nitrogens with one attached hydrogen (secondary N) is 1. The number of carbonyl (C=O) groups is 2. The van der Waals surface area contributed by atoms with Crippen LogP contribution in [-0.4, -0.2) is 54.3 Å². The molecule has 1 unspecified atom stereocenters. The van der Waals surface area contributed by atoms with Crippen LogP contribution in [0, 0.1) is 6.92 Å². The van der Waals surface area contributed by atoms with E-state index in [-0.39, 0.29) is 16.4 Å². The number of esters is 1. The van der Waals surface area contributed by atoms with E-state index in [1.54, 1.807) is 27.7 Å². The molecule has 0 radical (unpaired) electrons. The van der Waals surface area contributed by atoms with Gasteiger partial charge >= 0.3 is 5.97 Å². The minimum Gasteiger partial charge on any atom is -0.459 e. The average molecular weight is 521 g/mol. The first-order valence-corrected chi connectivity index (χ1v) is 13.2. The summed E-state index contributed by atoms with van der Waals surface area (Å²) in [7, 11) is -0.722. The van der Waals surface area contributed by atoms with Crippen LogP contribution in [0.15, 0.2) is 40.3 Å². The van der Waals surface area contributed by atoms with E-state index < -0.39 is 33.5 Å². The van der Waals surface area contributed by atoms with Gasteiger partial charge in [0.1, 0.15) is 15.7 Å². The Morgan fingerprint density at radius 3 is 2.37 bits per heavy atom. The Labute approximate surface area is 207 Å². The number of hydrogen-bond acceptors (Lipinski definition) is 8. The van der Waals surface area contributed by atoms with E-state index in [2.05, 4.69) is 10.3 Å². The van der Waals surface area contributed by atoms with Crippen LogP contribution < -0.4 is 10.9 Å². The van der Waals surface area contributed by atoms with Gasteiger partial charge in [0.2, 0.25) is 15.9 Å². The minimum atomic E-state index is -3.59. The van der Waals surface area contributed by atoms with Gasteiger partial charge in [0.25, 0.3) is 5.56 Å². The number of sulfonamides is 1. The molecule has 1 amide bonds. The Hall–Kier alpha value is -3.09. The van der Waals surface area contributed by atoms with Crippen LogP contribution in [0.2, 0.25) is 0 Å². The van der Waals surface area contributed by atoms with Gasteiger partial charge in [0, 0.05) is 19.8 Å². The van der Waals surface area contributed by atoms with Crippen molar-refractivity contribution in [1.29, 1.82) is 0 Å². The van der Waals surface area contributed by atoms with Crippen LogP contribution in [0.3, 0.4) is 0 Å². The first-order chi connectivity index (χ1) is 16.4. The molecule has 0 saturated heterocycles. The highest BCUT2D eigenvalue weighted by molar-refractivity contribution is 7.89. The van der Waals surface area contributed by atoms with E-state index in [9.17, 15) is 22.8 Å². The van der Waals surface area contributed by atoms with Crippen LogP contribution in [-0.2, 0) is 19.6 Å². The molecule has 0 fully saturated rings. The van der Waals surface area contributed by atoms with E-state index in [1.165, 1.54) is 49.3 Å². The third kappa shape index (κ3) is 5.29. The third-order valence-corrected chi connectivity index (χ3v) is 8.34. The summed E-state index contributed by atoms with van der Waals surface area (Å²) in [6.45, 7) is 6.91. The molecule has 12 heteroatoms. The van der Waals surface area contributed by atoms with E-state index in [0.717, 1.165) is 15.6 Å². The fraction of sp³-hybridized carbons (Fsp3) is 0.391. The summed E-state index contributed by atoms with van der Waals surface area (Å²) in [5.41, 5.74) is 0.427. The Kier molecular flexibility index (Phi) is 7.77. The van der Waals surface area contributed by atoms with Crippen molar-refractivity contribution in [2.45, 2.75) is 51.2 Å². The standard InChI is InChI=1S/C23H28N4O6S2/c1-7-17(20(28)25-15-8-10-16(11-9-15)35(31,32)26(5)6)27-12-24-21-18(22(27)29)14(4)19(34-21)23(30)33-13(2)3/h8-13,17H,7H2,1-6H3,(H,25,28). The lowest BCUT2D eigenvalue weighted by molar-refractivity contribution is -0.119. The van der Waals surface area contributed by atoms with Gasteiger partial charge < -0.3 is 10.1 Å². The van der Waals surface area contributed by atoms with Crippen molar-refractivity contribution in [3.8, 4) is 0 Å². The Morgan fingerprint density at radius 1 is 1.20 bits per heavy atom. The van der Waals surface area contributed by atoms with Gasteiger partial charge in [-0.2, -0.15) is 0 Å². The van der Waals surface area contributed by atoms with Crippen LogP contribution in [0.4, 0.5) is 5.69 Å². The molecule has 0 saturated carbocycles. The van der Waals surface area contributed by atoms with Crippen molar-refractivity contribution >= 4 is 49.1 Å². The summed E-state index contributed by atoms with van der Waals surface area (Å²) in [5.74, 6) is -0.970. The zero-order valence-corrected chi connectivity index (χ0v) is 22.0. The molecule has 1 aromatic carbocycles. The van der Waals surface area contributed by atoms with Crippen molar-refractivity contribution in [2.75, 3.05) is 19.4 Å². The number of thiophene rings is 1. The highest BCUT2D eigenvalue weighted by Gasteiger charge is 2.25. The number of rotatable bonds is 8. The molecule has 10 nitrogen and oxygen atoms in total. The number of aromatic nitrogens is 2. The molecule has 35 heavy (non-hydrogen) atoms. The maximum Gasteiger partial charge on any atom is 0.348 e. The van der Waals surface area contributed by atoms with Crippen LogP contribution in [0.5, 0.6) is 0 Å². The summed E-state index contributed by atoms with van der Waals surface area (Å²) in [6.07, 6.45) is 1.30. The predicted octanol–water partition coefficient (Wildman–Crippen LogP) is 3.17. The quantitative estimate of drug-likeness (QED) is 0.452. The average Bonchev–Trinajstić information content (AvgIpc) is 3.13. The number of nitrogens with zero attached hydrogens (tertiary/aromatic N) is 3. The number of anilines is 1. The lowest BCUT2D eigenvalue weighted by Gasteiger charge is -2.18. The molecular formula is C23H28N4O6S2. The first-order valence-electron chi connectivity index (χ1n) is 10.9. The molecule has 188 valence electrons. The molecule has 3 aromatic rings. The third-order valence-electron chi connectivity index (χ3n) is 5.33. The van der Waals surface area contributed by atoms with Crippen LogP contribution in [0.1, 0.15) is 48.5 Å². The molecular weight excluding hydrogens is 492 g/mol. The fourth-order valence-electron chi connectivity index (χ4n) is 3.48. The topological polar surface area (TPSA) is 128 Å². The molecule has 2 heterocycles. The highest BCUT2D eigenvalue weighted by Crippen LogP contribution is 2.28. The second-order valence-electron chi connectivity index (χ2n) is 8.37. The second-order valence-corrected chi connectivity index (χ2v) is 11.5. The normalized spacial score (nSPS) is 12.8. The molecule has 0 aliphatic heterocycles. The predicted molar refractivity (Wildman–Crippen MR) is 134 cm³/mol. The van der Waals surface area contributed by atoms with Crippen molar-refractivity contribution in [3.05, 3.63) is 51.4 Å². The Bertz CT molecular complexity index is 1420. The number of hydrogen-bond donors (Lipinski definition) is 1. The van der Waals surface area contributed by atoms with Crippen molar-refractivity contribution < 1.29 is 22.7 Å². The Morgan fingerprint density at radius 2 is 1.83 bits per heavy atom. The van der Waals surface area contributed by atoms with Crippen LogP contribution in [0.25, 0.3) is 10.2 Å². The van der Waals surface area contributed by atoms with E-state index in [1.807, 2.05) is 0 Å². The van der Waals surface area contributed by atoms with Crippen LogP contribution >= 0.6 is 11.3 Å². The second kappa shape index (κ2) is 10.3. The molecule has 0 aliphatic rings. The number of aryl methyl sites for hydroxylation is 1. The fourth-order valence-corrected chi connectivity index (χ4v) is 5.40. The van der Waals surface area contributed by atoms with Gasteiger partial charge in [-0.3, -0.25) is 14.2 Å². The molecule has 2 aromatic heterocycles. The molecule has 3 rings (SSSR count). The lowest BCUT2D eigenvalue weighted by Crippen LogP contribution is -2.33. The summed E-state index contributed by atoms with van der Waals surface area (Å²) >= 11 is 1.08. The number of carbonyl (C=O) groups excluding carboxylic acids is 2. The summed E-state index contributed by atoms with van der Waals surface area (Å²) in [5, 5.41) is 3.00. The summed E-state index contributed by atoms with van der Waals surface area (Å²) in [6, 6.07) is 4.91. The summed E-state index contributed by atoms with van der Waals surface area (Å²) < 4.78 is 32.1. The molecule has 0 bridgehead atoms. The van der Waals surface area contributed by atoms with Gasteiger partial charge in [-0.25, -0.2) is 22.5 Å². The molecule has 0 aliphatic carbocycles. The molecule has 1 atom stereocenters. The number of ether oxygens (including phenoxy) is 1. The van der Waals surface area contributed by atoms with Crippen molar-refractivity contribution in [1.82, 2.24) is 13.9 Å². The number of fused-ring (bicyclic) bond motifs is 1. The van der Waals surface area contributed by atoms with Gasteiger partial charge in [0.05, 0.1) is 22.7 Å². The van der Waals surface area contributed by atoms with Gasteiger partial charge in [0.15, 0.2) is 0 Å². The van der Waals surface area contributed by atoms with E-state index >= 15 is 0 Å². The SMILES string of the molecule is CCC(C(=O)Nc1ccc(S(=O)(=O)N(C)C)cc1)n1cnc2sc(C(=O)OC(C)C)c(C)c2c1=O. The number of benzene rings is 1. The summed E-state index contributed by atoms with van der Waals surface area (Å²) in [4.78, 5) is 43.9. The zero-order chi connectivity index (χ0) is 26.1. The zero-order valence-electron chi connectivity index (χ0n) is 20.4. The first kappa shape index (κ1) is 26.5.